The third-order valence-corrected chi connectivity index (χ3v) is 13.2. The predicted octanol–water partition coefficient (Wildman–Crippen LogP) is 11.1. The number of ether oxygens (including phenoxy) is 2. The number of amides is 2. The Bertz CT molecular complexity index is 2410. The van der Waals surface area contributed by atoms with Gasteiger partial charge >= 0.3 is 11.9 Å². The van der Waals surface area contributed by atoms with Crippen LogP contribution < -0.4 is 0 Å². The monoisotopic (exact) mass is 930 g/mol. The van der Waals surface area contributed by atoms with Gasteiger partial charge in [0.25, 0.3) is 11.4 Å². The molecule has 2 amide bonds. The Morgan fingerprint density at radius 3 is 1.37 bits per heavy atom. The molecule has 2 aliphatic rings. The zero-order chi connectivity index (χ0) is 48.4. The van der Waals surface area contributed by atoms with Gasteiger partial charge in [-0.3, -0.25) is 29.8 Å². The van der Waals surface area contributed by atoms with Gasteiger partial charge in [-0.1, -0.05) is 100 Å². The number of carbonyl (C=O) groups excluding carboxylic acids is 4. The number of nitro benzene ring substituents is 2. The largest absolute Gasteiger partial charge is 0.464 e. The normalized spacial score (nSPS) is 16.5. The van der Waals surface area contributed by atoms with Crippen molar-refractivity contribution in [2.45, 2.75) is 114 Å². The number of esters is 2. The van der Waals surface area contributed by atoms with Gasteiger partial charge < -0.3 is 19.3 Å². The molecule has 2 fully saturated rings. The molecule has 2 unspecified atom stereocenters. The van der Waals surface area contributed by atoms with Gasteiger partial charge in [0.15, 0.2) is 0 Å². The van der Waals surface area contributed by atoms with Crippen molar-refractivity contribution in [1.29, 1.82) is 0 Å². The van der Waals surface area contributed by atoms with Crippen molar-refractivity contribution in [2.24, 2.45) is 0 Å². The number of hydrogen-bond acceptors (Lipinski definition) is 11. The zero-order valence-corrected chi connectivity index (χ0v) is 39.7. The molecule has 2 atom stereocenters. The average Bonchev–Trinajstić information content (AvgIpc) is 3.32. The molecule has 0 saturated carbocycles. The lowest BCUT2D eigenvalue weighted by molar-refractivity contribution is -0.387. The Labute approximate surface area is 395 Å². The number of likely N-dealkylation sites (tertiary alicyclic amines) is 2. The molecule has 4 aromatic carbocycles. The van der Waals surface area contributed by atoms with Crippen LogP contribution in [0.4, 0.5) is 11.4 Å². The van der Waals surface area contributed by atoms with E-state index in [0.29, 0.717) is 61.0 Å². The minimum absolute atomic E-state index is 0.0626. The van der Waals surface area contributed by atoms with E-state index in [1.54, 1.807) is 50.2 Å². The summed E-state index contributed by atoms with van der Waals surface area (Å²) < 4.78 is 10.5. The van der Waals surface area contributed by atoms with E-state index in [1.165, 1.54) is 46.2 Å². The van der Waals surface area contributed by atoms with E-state index < -0.39 is 45.7 Å². The molecule has 4 aromatic rings. The number of nitro groups is 2. The maximum absolute atomic E-state index is 13.8. The van der Waals surface area contributed by atoms with Crippen molar-refractivity contribution in [3.63, 3.8) is 0 Å². The quantitative estimate of drug-likeness (QED) is 0.0451. The van der Waals surface area contributed by atoms with Gasteiger partial charge in [0.1, 0.15) is 12.1 Å². The highest BCUT2D eigenvalue weighted by Crippen LogP contribution is 2.50. The molecule has 6 rings (SSSR count). The number of piperidine rings is 2. The van der Waals surface area contributed by atoms with Gasteiger partial charge in [-0.05, 0) is 122 Å². The maximum Gasteiger partial charge on any atom is 0.328 e. The molecule has 67 heavy (non-hydrogen) atoms. The van der Waals surface area contributed by atoms with Gasteiger partial charge in [0, 0.05) is 25.2 Å². The van der Waals surface area contributed by atoms with Crippen molar-refractivity contribution in [3.8, 4) is 22.3 Å². The molecule has 2 aliphatic heterocycles. The standard InChI is InChI=1S/C52H58N4O10S/c1-7-65-51(59)41-21-13-15-31-53(41)45(57)29-25-35-23-27-43(49(55(61)62)47(35)39-19-11-9-17-37(39)33(3)4)67-44-28-24-36(26-30-46(58)54-32-16-14-22-42(54)52(60)66-8-2)48(50(44)56(63)64)40-20-12-10-18-38(40)34(5)6/h9-12,17-20,23-30,33-34,41-42H,7-8,13-16,21-22,31-32H2,1-6H3/b29-25+,30-26+. The number of nitrogens with zero attached hydrogens (tertiary/aromatic N) is 4. The average molecular weight is 931 g/mol. The van der Waals surface area contributed by atoms with Crippen LogP contribution in [0.1, 0.15) is 114 Å². The van der Waals surface area contributed by atoms with E-state index in [0.717, 1.165) is 35.7 Å². The second-order valence-electron chi connectivity index (χ2n) is 17.1. The van der Waals surface area contributed by atoms with E-state index in [9.17, 15) is 39.4 Å². The molecule has 0 spiro atoms. The van der Waals surface area contributed by atoms with Crippen molar-refractivity contribution >= 4 is 59.0 Å². The summed E-state index contributed by atoms with van der Waals surface area (Å²) in [6.07, 6.45) is 9.58. The van der Waals surface area contributed by atoms with Crippen molar-refractivity contribution < 1.29 is 38.5 Å². The molecule has 0 N–H and O–H groups in total. The SMILES string of the molecule is CCOC(=O)C1CCCCN1C(=O)/C=C/c1ccc(Sc2ccc(/C=C/C(=O)N3CCCCC3C(=O)OCC)c(-c3ccccc3C(C)C)c2[N+](=O)[O-])c([N+](=O)[O-])c1-c1ccccc1C(C)C. The third-order valence-electron chi connectivity index (χ3n) is 12.1. The Balaban J connectivity index is 1.51. The van der Waals surface area contributed by atoms with Crippen molar-refractivity contribution in [3.05, 3.63) is 127 Å². The summed E-state index contributed by atoms with van der Waals surface area (Å²) >= 11 is 0.887. The molecule has 0 aliphatic carbocycles. The minimum atomic E-state index is -0.742. The first-order valence-electron chi connectivity index (χ1n) is 23.0. The van der Waals surface area contributed by atoms with Gasteiger partial charge in [0.2, 0.25) is 11.8 Å². The molecule has 2 saturated heterocycles. The molecular weight excluding hydrogens is 873 g/mol. The number of rotatable bonds is 16. The molecule has 352 valence electrons. The Hall–Kier alpha value is -6.61. The minimum Gasteiger partial charge on any atom is -0.464 e. The fourth-order valence-corrected chi connectivity index (χ4v) is 10.0. The van der Waals surface area contributed by atoms with Crippen LogP contribution in [0.3, 0.4) is 0 Å². The Morgan fingerprint density at radius 2 is 1.01 bits per heavy atom. The highest BCUT2D eigenvalue weighted by molar-refractivity contribution is 7.99. The summed E-state index contributed by atoms with van der Waals surface area (Å²) in [5.74, 6) is -1.94. The lowest BCUT2D eigenvalue weighted by Crippen LogP contribution is -2.48. The van der Waals surface area contributed by atoms with Crippen LogP contribution >= 0.6 is 11.8 Å². The summed E-state index contributed by atoms with van der Waals surface area (Å²) in [7, 11) is 0. The summed E-state index contributed by atoms with van der Waals surface area (Å²) in [6.45, 7) is 12.4. The topological polar surface area (TPSA) is 180 Å². The van der Waals surface area contributed by atoms with E-state index in [-0.39, 0.29) is 57.3 Å². The first kappa shape index (κ1) is 49.8. The maximum atomic E-state index is 13.8. The highest BCUT2D eigenvalue weighted by atomic mass is 32.2. The molecule has 0 aromatic heterocycles. The molecule has 14 nitrogen and oxygen atoms in total. The van der Waals surface area contributed by atoms with E-state index in [4.69, 9.17) is 9.47 Å². The molecule has 2 heterocycles. The molecule has 0 radical (unpaired) electrons. The summed E-state index contributed by atoms with van der Waals surface area (Å²) in [6, 6.07) is 19.5. The second-order valence-corrected chi connectivity index (χ2v) is 18.2. The molecule has 0 bridgehead atoms. The number of benzene rings is 4. The van der Waals surface area contributed by atoms with Crippen LogP contribution in [0.5, 0.6) is 0 Å². The fourth-order valence-electron chi connectivity index (χ4n) is 8.99. The third kappa shape index (κ3) is 11.3. The van der Waals surface area contributed by atoms with Gasteiger partial charge in [0.05, 0.1) is 44.0 Å². The smallest absolute Gasteiger partial charge is 0.328 e. The van der Waals surface area contributed by atoms with Gasteiger partial charge in [-0.25, -0.2) is 9.59 Å². The Kier molecular flexibility index (Phi) is 16.9. The van der Waals surface area contributed by atoms with Crippen molar-refractivity contribution in [2.75, 3.05) is 26.3 Å². The molecule has 15 heteroatoms. The van der Waals surface area contributed by atoms with Crippen molar-refractivity contribution in [1.82, 2.24) is 9.80 Å². The van der Waals surface area contributed by atoms with Crippen LogP contribution in [0.25, 0.3) is 34.4 Å². The van der Waals surface area contributed by atoms with Crippen LogP contribution in [-0.4, -0.2) is 81.8 Å². The summed E-state index contributed by atoms with van der Waals surface area (Å²) in [5.41, 5.74) is 3.34. The molecular formula is C52H58N4O10S. The highest BCUT2D eigenvalue weighted by Gasteiger charge is 2.35. The van der Waals surface area contributed by atoms with Gasteiger partial charge in [-0.15, -0.1) is 0 Å². The summed E-state index contributed by atoms with van der Waals surface area (Å²) in [4.78, 5) is 82.5. The van der Waals surface area contributed by atoms with Crippen LogP contribution in [0.2, 0.25) is 0 Å². The van der Waals surface area contributed by atoms with Crippen LogP contribution in [0.15, 0.2) is 94.7 Å². The first-order chi connectivity index (χ1) is 32.2. The second kappa shape index (κ2) is 22.7. The fraction of sp³-hybridized carbons (Fsp3) is 0.385. The predicted molar refractivity (Wildman–Crippen MR) is 259 cm³/mol. The lowest BCUT2D eigenvalue weighted by atomic mass is 9.89. The Morgan fingerprint density at radius 1 is 0.627 bits per heavy atom. The van der Waals surface area contributed by atoms with Crippen LogP contribution in [0, 0.1) is 20.2 Å². The lowest BCUT2D eigenvalue weighted by Gasteiger charge is -2.33. The zero-order valence-electron chi connectivity index (χ0n) is 38.9. The number of carbonyl (C=O) groups is 4. The number of hydrogen-bond donors (Lipinski definition) is 0. The van der Waals surface area contributed by atoms with Gasteiger partial charge in [-0.2, -0.15) is 0 Å². The summed E-state index contributed by atoms with van der Waals surface area (Å²) in [5, 5.41) is 27.0. The van der Waals surface area contributed by atoms with E-state index in [2.05, 4.69) is 0 Å². The first-order valence-corrected chi connectivity index (χ1v) is 23.8. The van der Waals surface area contributed by atoms with E-state index >= 15 is 0 Å². The van der Waals surface area contributed by atoms with Crippen LogP contribution in [-0.2, 0) is 28.7 Å². The van der Waals surface area contributed by atoms with E-state index in [1.807, 2.05) is 52.0 Å².